The fourth-order valence-electron chi connectivity index (χ4n) is 2.75. The van der Waals surface area contributed by atoms with E-state index in [4.69, 9.17) is 5.73 Å². The summed E-state index contributed by atoms with van der Waals surface area (Å²) in [5.41, 5.74) is 8.52. The smallest absolute Gasteiger partial charge is 0.252 e. The lowest BCUT2D eigenvalue weighted by Gasteiger charge is -2.18. The van der Waals surface area contributed by atoms with Crippen LogP contribution in [0.5, 0.6) is 0 Å². The molecule has 1 aromatic heterocycles. The second-order valence-corrected chi connectivity index (χ2v) is 6.22. The number of carbonyl (C=O) groups excluding carboxylic acids is 2. The molecule has 2 amide bonds. The van der Waals surface area contributed by atoms with Crippen molar-refractivity contribution in [2.45, 2.75) is 6.04 Å². The van der Waals surface area contributed by atoms with Crippen LogP contribution in [0.3, 0.4) is 0 Å². The monoisotopic (exact) mass is 379 g/mol. The largest absolute Gasteiger partial charge is 0.399 e. The minimum Gasteiger partial charge on any atom is -0.399 e. The molecule has 0 unspecified atom stereocenters. The summed E-state index contributed by atoms with van der Waals surface area (Å²) in [5.74, 6) is -0.687. The van der Waals surface area contributed by atoms with Crippen molar-refractivity contribution in [3.8, 4) is 11.1 Å². The number of nitrogen functional groups attached to an aromatic ring is 1. The number of anilines is 1. The second kappa shape index (κ2) is 8.83. The number of nitrogens with zero attached hydrogens (tertiary/aromatic N) is 1. The Morgan fingerprint density at radius 3 is 2.68 bits per heavy atom. The number of aromatic amines is 1. The van der Waals surface area contributed by atoms with Crippen molar-refractivity contribution in [2.75, 3.05) is 18.9 Å². The molecule has 0 saturated carbocycles. The molecule has 0 aliphatic carbocycles. The number of amides is 2. The summed E-state index contributed by atoms with van der Waals surface area (Å²) in [5, 5.41) is 21.7. The molecule has 3 aromatic rings. The first-order chi connectivity index (χ1) is 13.6. The summed E-state index contributed by atoms with van der Waals surface area (Å²) in [6.07, 6.45) is 3.32. The summed E-state index contributed by atoms with van der Waals surface area (Å²) in [6, 6.07) is 13.0. The molecule has 0 bridgehead atoms. The number of nitrogens with one attached hydrogen (secondary N) is 3. The van der Waals surface area contributed by atoms with Crippen molar-refractivity contribution in [3.63, 3.8) is 0 Å². The molecule has 3 rings (SSSR count). The minimum atomic E-state index is -0.644. The minimum absolute atomic E-state index is 0.0732. The van der Waals surface area contributed by atoms with Crippen LogP contribution in [0.4, 0.5) is 5.69 Å². The standard InChI is InChI=1S/C20H21N5O3/c21-15-5-3-4-13(8-15)19(27)22-11-16(12-26)25-20(28)18-7-2-1-6-17(18)14-9-23-24-10-14/h1-10,16,26H,11-12,21H2,(H,22,27)(H,23,24)(H,25,28)/t16-/m1/s1. The fourth-order valence-corrected chi connectivity index (χ4v) is 2.75. The van der Waals surface area contributed by atoms with Crippen LogP contribution in [-0.2, 0) is 0 Å². The number of aliphatic hydroxyl groups excluding tert-OH is 1. The van der Waals surface area contributed by atoms with E-state index >= 15 is 0 Å². The van der Waals surface area contributed by atoms with Gasteiger partial charge in [0.1, 0.15) is 0 Å². The van der Waals surface area contributed by atoms with Gasteiger partial charge < -0.3 is 21.5 Å². The van der Waals surface area contributed by atoms with Gasteiger partial charge in [0.05, 0.1) is 18.8 Å². The number of aromatic nitrogens is 2. The normalized spacial score (nSPS) is 11.6. The Labute approximate surface area is 161 Å². The highest BCUT2D eigenvalue weighted by Gasteiger charge is 2.18. The molecule has 8 nitrogen and oxygen atoms in total. The van der Waals surface area contributed by atoms with Crippen molar-refractivity contribution in [1.29, 1.82) is 0 Å². The number of hydrogen-bond acceptors (Lipinski definition) is 5. The van der Waals surface area contributed by atoms with Gasteiger partial charge in [-0.05, 0) is 29.8 Å². The SMILES string of the molecule is Nc1cccc(C(=O)NC[C@H](CO)NC(=O)c2ccccc2-c2cn[nH]c2)c1. The number of H-pyrrole nitrogens is 1. The highest BCUT2D eigenvalue weighted by Crippen LogP contribution is 2.22. The van der Waals surface area contributed by atoms with E-state index in [1.807, 2.05) is 12.1 Å². The number of aliphatic hydroxyl groups is 1. The molecular formula is C20H21N5O3. The number of rotatable bonds is 7. The van der Waals surface area contributed by atoms with Gasteiger partial charge in [0.2, 0.25) is 0 Å². The quantitative estimate of drug-likeness (QED) is 0.393. The third kappa shape index (κ3) is 4.54. The van der Waals surface area contributed by atoms with Gasteiger partial charge >= 0.3 is 0 Å². The zero-order valence-corrected chi connectivity index (χ0v) is 15.1. The molecule has 28 heavy (non-hydrogen) atoms. The first kappa shape index (κ1) is 19.1. The van der Waals surface area contributed by atoms with Gasteiger partial charge in [-0.25, -0.2) is 0 Å². The molecule has 0 aliphatic heterocycles. The average molecular weight is 379 g/mol. The zero-order valence-electron chi connectivity index (χ0n) is 15.1. The predicted octanol–water partition coefficient (Wildman–Crippen LogP) is 1.18. The second-order valence-electron chi connectivity index (χ2n) is 6.22. The van der Waals surface area contributed by atoms with E-state index in [1.54, 1.807) is 48.8 Å². The number of carbonyl (C=O) groups is 2. The van der Waals surface area contributed by atoms with Crippen LogP contribution < -0.4 is 16.4 Å². The van der Waals surface area contributed by atoms with E-state index in [-0.39, 0.29) is 25.0 Å². The van der Waals surface area contributed by atoms with E-state index in [1.165, 1.54) is 0 Å². The zero-order chi connectivity index (χ0) is 19.9. The van der Waals surface area contributed by atoms with Crippen molar-refractivity contribution in [1.82, 2.24) is 20.8 Å². The van der Waals surface area contributed by atoms with Crippen LogP contribution in [0.1, 0.15) is 20.7 Å². The molecule has 2 aromatic carbocycles. The third-order valence-electron chi connectivity index (χ3n) is 4.19. The van der Waals surface area contributed by atoms with Crippen LogP contribution in [0.15, 0.2) is 60.9 Å². The lowest BCUT2D eigenvalue weighted by Crippen LogP contribution is -2.46. The molecule has 0 spiro atoms. The van der Waals surface area contributed by atoms with Crippen LogP contribution >= 0.6 is 0 Å². The maximum atomic E-state index is 12.7. The lowest BCUT2D eigenvalue weighted by atomic mass is 10.0. The van der Waals surface area contributed by atoms with E-state index in [2.05, 4.69) is 20.8 Å². The highest BCUT2D eigenvalue weighted by atomic mass is 16.3. The van der Waals surface area contributed by atoms with E-state index in [9.17, 15) is 14.7 Å². The van der Waals surface area contributed by atoms with Gasteiger partial charge in [-0.15, -0.1) is 0 Å². The Morgan fingerprint density at radius 2 is 1.96 bits per heavy atom. The summed E-state index contributed by atoms with van der Waals surface area (Å²) in [6.45, 7) is -0.249. The van der Waals surface area contributed by atoms with Crippen LogP contribution in [0.25, 0.3) is 11.1 Å². The first-order valence-corrected chi connectivity index (χ1v) is 8.72. The number of benzene rings is 2. The van der Waals surface area contributed by atoms with Crippen molar-refractivity contribution in [2.24, 2.45) is 0 Å². The number of hydrogen-bond donors (Lipinski definition) is 5. The van der Waals surface area contributed by atoms with E-state index in [0.717, 1.165) is 5.56 Å². The summed E-state index contributed by atoms with van der Waals surface area (Å²) in [7, 11) is 0. The Kier molecular flexibility index (Phi) is 6.03. The number of nitrogens with two attached hydrogens (primary N) is 1. The van der Waals surface area contributed by atoms with Crippen LogP contribution in [-0.4, -0.2) is 46.3 Å². The molecule has 6 N–H and O–H groups in total. The molecule has 0 saturated heterocycles. The molecule has 1 atom stereocenters. The van der Waals surface area contributed by atoms with E-state index < -0.39 is 6.04 Å². The van der Waals surface area contributed by atoms with Gasteiger partial charge in [-0.3, -0.25) is 14.7 Å². The molecule has 144 valence electrons. The van der Waals surface area contributed by atoms with Crippen molar-refractivity contribution >= 4 is 17.5 Å². The van der Waals surface area contributed by atoms with Gasteiger partial charge in [-0.1, -0.05) is 24.3 Å². The third-order valence-corrected chi connectivity index (χ3v) is 4.19. The molecule has 8 heteroatoms. The van der Waals surface area contributed by atoms with Gasteiger partial charge in [0.15, 0.2) is 0 Å². The van der Waals surface area contributed by atoms with Crippen molar-refractivity contribution in [3.05, 3.63) is 72.1 Å². The predicted molar refractivity (Wildman–Crippen MR) is 106 cm³/mol. The van der Waals surface area contributed by atoms with Gasteiger partial charge in [0, 0.05) is 35.1 Å². The Hall–Kier alpha value is -3.65. The summed E-state index contributed by atoms with van der Waals surface area (Å²) in [4.78, 5) is 24.9. The summed E-state index contributed by atoms with van der Waals surface area (Å²) < 4.78 is 0. The maximum absolute atomic E-state index is 12.7. The van der Waals surface area contributed by atoms with Crippen molar-refractivity contribution < 1.29 is 14.7 Å². The van der Waals surface area contributed by atoms with Gasteiger partial charge in [0.25, 0.3) is 11.8 Å². The fraction of sp³-hybridized carbons (Fsp3) is 0.150. The Morgan fingerprint density at radius 1 is 1.14 bits per heavy atom. The molecule has 0 aliphatic rings. The molecular weight excluding hydrogens is 358 g/mol. The Balaban J connectivity index is 1.65. The van der Waals surface area contributed by atoms with Crippen LogP contribution in [0, 0.1) is 0 Å². The van der Waals surface area contributed by atoms with Gasteiger partial charge in [-0.2, -0.15) is 5.10 Å². The summed E-state index contributed by atoms with van der Waals surface area (Å²) >= 11 is 0. The van der Waals surface area contributed by atoms with Crippen LogP contribution in [0.2, 0.25) is 0 Å². The molecule has 0 radical (unpaired) electrons. The maximum Gasteiger partial charge on any atom is 0.252 e. The lowest BCUT2D eigenvalue weighted by molar-refractivity contribution is 0.0888. The highest BCUT2D eigenvalue weighted by molar-refractivity contribution is 6.01. The van der Waals surface area contributed by atoms with E-state index in [0.29, 0.717) is 22.4 Å². The average Bonchev–Trinajstić information content (AvgIpc) is 3.25. The molecule has 1 heterocycles. The molecule has 0 fully saturated rings. The topological polar surface area (TPSA) is 133 Å². The first-order valence-electron chi connectivity index (χ1n) is 8.72. The Bertz CT molecular complexity index is 956.